The normalized spacial score (nSPS) is 12.3. The van der Waals surface area contributed by atoms with E-state index in [0.29, 0.717) is 5.56 Å². The van der Waals surface area contributed by atoms with Crippen LogP contribution in [0.4, 0.5) is 5.69 Å². The largest absolute Gasteiger partial charge is 0.508 e. The van der Waals surface area contributed by atoms with Gasteiger partial charge in [0.05, 0.1) is 12.9 Å². The number of phenols is 1. The Morgan fingerprint density at radius 2 is 1.85 bits per heavy atom. The summed E-state index contributed by atoms with van der Waals surface area (Å²) in [5.41, 5.74) is 5.03. The molecular formula is C35H48N2O3S. The number of nitrogens with one attached hydrogen (secondary N) is 2. The fraction of sp³-hybridized carbons (Fsp3) is 0.343. The minimum atomic E-state index is -0.271. The number of allylic oxidation sites excluding steroid dienone is 7. The molecule has 2 rings (SSSR count). The van der Waals surface area contributed by atoms with E-state index in [1.807, 2.05) is 77.2 Å². The molecule has 0 spiro atoms. The fourth-order valence-corrected chi connectivity index (χ4v) is 4.81. The number of thioether (sulfide) groups is 1. The molecule has 0 aliphatic carbocycles. The summed E-state index contributed by atoms with van der Waals surface area (Å²) in [6.45, 7) is 16.1. The molecule has 41 heavy (non-hydrogen) atoms. The van der Waals surface area contributed by atoms with Crippen LogP contribution in [0.25, 0.3) is 0 Å². The first-order valence-corrected chi connectivity index (χ1v) is 14.4. The lowest BCUT2D eigenvalue weighted by atomic mass is 9.85. The Labute approximate surface area is 252 Å². The van der Waals surface area contributed by atoms with E-state index in [1.165, 1.54) is 5.57 Å². The van der Waals surface area contributed by atoms with Crippen molar-refractivity contribution in [2.45, 2.75) is 64.7 Å². The van der Waals surface area contributed by atoms with Crippen molar-refractivity contribution < 1.29 is 14.6 Å². The standard InChI is InChI=1S/C34H44N2O3S.CH4/c1-9-26(17-16-25(3)39-8)13-10-12-24(2)20-29(35-7)23-40-30-15-11-14-28(22-30)36-33(38)27-18-19-32(37)31(21-27)34(4,5)6;/h9,11,14-22,35,37H,1-2,10,12-13,23H2,3-8H3,(H,36,38);1H4/b25-16+,26-17+,29-20-;. The summed E-state index contributed by atoms with van der Waals surface area (Å²) < 4.78 is 5.18. The average molecular weight is 577 g/mol. The van der Waals surface area contributed by atoms with E-state index >= 15 is 0 Å². The summed E-state index contributed by atoms with van der Waals surface area (Å²) in [4.78, 5) is 14.0. The average Bonchev–Trinajstić information content (AvgIpc) is 2.92. The maximum absolute atomic E-state index is 12.9. The van der Waals surface area contributed by atoms with E-state index < -0.39 is 0 Å². The van der Waals surface area contributed by atoms with Gasteiger partial charge >= 0.3 is 0 Å². The summed E-state index contributed by atoms with van der Waals surface area (Å²) in [5, 5.41) is 16.5. The Hall–Kier alpha value is -3.64. The third-order valence-corrected chi connectivity index (χ3v) is 7.37. The van der Waals surface area contributed by atoms with Crippen LogP contribution in [0.1, 0.15) is 70.3 Å². The Kier molecular flexibility index (Phi) is 14.9. The first-order chi connectivity index (χ1) is 19.0. The number of carbonyl (C=O) groups excluding carboxylic acids is 1. The summed E-state index contributed by atoms with van der Waals surface area (Å²) in [7, 11) is 3.58. The molecular weight excluding hydrogens is 528 g/mol. The lowest BCUT2D eigenvalue weighted by molar-refractivity contribution is 0.102. The number of hydrogen-bond donors (Lipinski definition) is 3. The second-order valence-corrected chi connectivity index (χ2v) is 11.7. The molecule has 0 saturated carbocycles. The Morgan fingerprint density at radius 3 is 2.49 bits per heavy atom. The molecule has 0 unspecified atom stereocenters. The molecule has 6 heteroatoms. The van der Waals surface area contributed by atoms with E-state index in [9.17, 15) is 9.90 Å². The molecule has 0 atom stereocenters. The number of anilines is 1. The van der Waals surface area contributed by atoms with Gasteiger partial charge < -0.3 is 20.5 Å². The van der Waals surface area contributed by atoms with Gasteiger partial charge in [-0.15, -0.1) is 11.8 Å². The van der Waals surface area contributed by atoms with Crippen LogP contribution >= 0.6 is 11.8 Å². The third-order valence-electron chi connectivity index (χ3n) is 6.33. The summed E-state index contributed by atoms with van der Waals surface area (Å²) in [6, 6.07) is 12.8. The predicted octanol–water partition coefficient (Wildman–Crippen LogP) is 9.16. The molecule has 1 amide bonds. The van der Waals surface area contributed by atoms with Gasteiger partial charge in [0.15, 0.2) is 0 Å². The zero-order valence-corrected chi connectivity index (χ0v) is 25.6. The zero-order valence-electron chi connectivity index (χ0n) is 24.8. The monoisotopic (exact) mass is 576 g/mol. The van der Waals surface area contributed by atoms with Crippen molar-refractivity contribution >= 4 is 23.4 Å². The molecule has 2 aromatic rings. The van der Waals surface area contributed by atoms with Gasteiger partial charge in [-0.1, -0.05) is 65.1 Å². The second kappa shape index (κ2) is 17.2. The van der Waals surface area contributed by atoms with E-state index in [2.05, 4.69) is 29.9 Å². The Morgan fingerprint density at radius 1 is 1.12 bits per heavy atom. The van der Waals surface area contributed by atoms with Crippen LogP contribution in [0.5, 0.6) is 5.75 Å². The van der Waals surface area contributed by atoms with E-state index in [1.54, 1.807) is 37.1 Å². The molecule has 0 aromatic heterocycles. The number of methoxy groups -OCH3 is 1. The van der Waals surface area contributed by atoms with Gasteiger partial charge in [-0.25, -0.2) is 0 Å². The highest BCUT2D eigenvalue weighted by Crippen LogP contribution is 2.31. The second-order valence-electron chi connectivity index (χ2n) is 10.6. The molecule has 0 saturated heterocycles. The van der Waals surface area contributed by atoms with Crippen LogP contribution in [0, 0.1) is 0 Å². The highest BCUT2D eigenvalue weighted by Gasteiger charge is 2.20. The zero-order chi connectivity index (χ0) is 29.7. The minimum Gasteiger partial charge on any atom is -0.508 e. The molecule has 5 nitrogen and oxygen atoms in total. The number of aromatic hydroxyl groups is 1. The number of amides is 1. The van der Waals surface area contributed by atoms with Gasteiger partial charge in [-0.05, 0) is 85.7 Å². The van der Waals surface area contributed by atoms with Gasteiger partial charge in [-0.3, -0.25) is 4.79 Å². The summed E-state index contributed by atoms with van der Waals surface area (Å²) >= 11 is 1.69. The van der Waals surface area contributed by atoms with Crippen LogP contribution in [0.3, 0.4) is 0 Å². The SMILES string of the molecule is C.C=C/C(=C\C=C(/C)OC)CCCC(=C)/C=C(/CSc1cccc(NC(=O)c2ccc(O)c(C(C)(C)C)c2)c1)NC. The molecule has 0 bridgehead atoms. The predicted molar refractivity (Wildman–Crippen MR) is 178 cm³/mol. The fourth-order valence-electron chi connectivity index (χ4n) is 3.88. The molecule has 0 aliphatic rings. The van der Waals surface area contributed by atoms with Crippen molar-refractivity contribution in [1.82, 2.24) is 5.32 Å². The van der Waals surface area contributed by atoms with Crippen LogP contribution in [-0.4, -0.2) is 30.9 Å². The number of phenolic OH excluding ortho intramolecular Hbond substituents is 1. The summed E-state index contributed by atoms with van der Waals surface area (Å²) in [5.74, 6) is 1.60. The first-order valence-electron chi connectivity index (χ1n) is 13.4. The first kappa shape index (κ1) is 35.4. The van der Waals surface area contributed by atoms with Gasteiger partial charge in [0.25, 0.3) is 5.91 Å². The molecule has 222 valence electrons. The molecule has 0 radical (unpaired) electrons. The molecule has 2 aromatic carbocycles. The summed E-state index contributed by atoms with van der Waals surface area (Å²) in [6.07, 6.45) is 10.8. The Balaban J connectivity index is 0.00000840. The molecule has 0 aliphatic heterocycles. The van der Waals surface area contributed by atoms with Crippen molar-refractivity contribution in [2.24, 2.45) is 0 Å². The minimum absolute atomic E-state index is 0. The van der Waals surface area contributed by atoms with Crippen molar-refractivity contribution in [2.75, 3.05) is 25.2 Å². The van der Waals surface area contributed by atoms with Crippen LogP contribution in [0.2, 0.25) is 0 Å². The van der Waals surface area contributed by atoms with Gasteiger partial charge in [0.1, 0.15) is 5.75 Å². The van der Waals surface area contributed by atoms with Crippen molar-refractivity contribution in [3.05, 3.63) is 114 Å². The highest BCUT2D eigenvalue weighted by molar-refractivity contribution is 7.99. The number of rotatable bonds is 14. The molecule has 0 heterocycles. The molecule has 0 fully saturated rings. The maximum atomic E-state index is 12.9. The van der Waals surface area contributed by atoms with E-state index in [0.717, 1.165) is 58.2 Å². The quantitative estimate of drug-likeness (QED) is 0.119. The number of benzene rings is 2. The van der Waals surface area contributed by atoms with Crippen molar-refractivity contribution in [3.63, 3.8) is 0 Å². The van der Waals surface area contributed by atoms with Crippen LogP contribution in [0.15, 0.2) is 107 Å². The smallest absolute Gasteiger partial charge is 0.255 e. The molecule has 3 N–H and O–H groups in total. The van der Waals surface area contributed by atoms with Crippen LogP contribution < -0.4 is 10.6 Å². The van der Waals surface area contributed by atoms with Crippen molar-refractivity contribution in [1.29, 1.82) is 0 Å². The van der Waals surface area contributed by atoms with E-state index in [-0.39, 0.29) is 24.5 Å². The number of hydrogen-bond acceptors (Lipinski definition) is 5. The number of ether oxygens (including phenoxy) is 1. The Bertz CT molecular complexity index is 1280. The lowest BCUT2D eigenvalue weighted by Crippen LogP contribution is -2.16. The van der Waals surface area contributed by atoms with E-state index in [4.69, 9.17) is 4.74 Å². The number of carbonyl (C=O) groups is 1. The highest BCUT2D eigenvalue weighted by atomic mass is 32.2. The van der Waals surface area contributed by atoms with Gasteiger partial charge in [0, 0.05) is 40.2 Å². The van der Waals surface area contributed by atoms with Crippen LogP contribution in [-0.2, 0) is 10.2 Å². The van der Waals surface area contributed by atoms with Gasteiger partial charge in [0.2, 0.25) is 0 Å². The lowest BCUT2D eigenvalue weighted by Gasteiger charge is -2.21. The topological polar surface area (TPSA) is 70.6 Å². The van der Waals surface area contributed by atoms with Crippen molar-refractivity contribution in [3.8, 4) is 5.75 Å². The van der Waals surface area contributed by atoms with Gasteiger partial charge in [-0.2, -0.15) is 0 Å². The third kappa shape index (κ3) is 12.2. The maximum Gasteiger partial charge on any atom is 0.255 e.